The minimum absolute atomic E-state index is 0.0897. The van der Waals surface area contributed by atoms with E-state index >= 15 is 0 Å². The predicted octanol–water partition coefficient (Wildman–Crippen LogP) is 1.74. The highest BCUT2D eigenvalue weighted by atomic mass is 32.2. The van der Waals surface area contributed by atoms with Gasteiger partial charge in [-0.2, -0.15) is 0 Å². The monoisotopic (exact) mass is 404 g/mol. The fraction of sp³-hybridized carbons (Fsp3) is 0.211. The number of sulfonamides is 1. The lowest BCUT2D eigenvalue weighted by atomic mass is 10.1. The average molecular weight is 404 g/mol. The number of para-hydroxylation sites is 1. The van der Waals surface area contributed by atoms with Crippen molar-refractivity contribution in [3.8, 4) is 0 Å². The summed E-state index contributed by atoms with van der Waals surface area (Å²) in [6, 6.07) is 14.2. The van der Waals surface area contributed by atoms with Crippen molar-refractivity contribution in [3.05, 3.63) is 60.2 Å². The van der Waals surface area contributed by atoms with Gasteiger partial charge < -0.3 is 10.1 Å². The third-order valence-electron chi connectivity index (χ3n) is 3.62. The number of carbonyl (C=O) groups excluding carboxylic acids is 3. The van der Waals surface area contributed by atoms with E-state index in [-0.39, 0.29) is 23.6 Å². The smallest absolute Gasteiger partial charge is 0.307 e. The molecule has 2 rings (SSSR count). The lowest BCUT2D eigenvalue weighted by molar-refractivity contribution is -0.147. The van der Waals surface area contributed by atoms with E-state index in [1.807, 2.05) is 0 Å². The first-order valence-corrected chi connectivity index (χ1v) is 9.88. The molecule has 0 aromatic heterocycles. The van der Waals surface area contributed by atoms with Crippen molar-refractivity contribution in [2.45, 2.75) is 18.2 Å². The van der Waals surface area contributed by atoms with Crippen LogP contribution in [0.25, 0.3) is 0 Å². The zero-order valence-electron chi connectivity index (χ0n) is 15.2. The number of hydrogen-bond donors (Lipinski definition) is 2. The van der Waals surface area contributed by atoms with Gasteiger partial charge in [-0.3, -0.25) is 14.4 Å². The quantitative estimate of drug-likeness (QED) is 0.485. The molecule has 0 atom stereocenters. The SMILES string of the molecule is CC(=O)c1ccccc1NC(=O)COC(=O)CCNS(=O)(=O)c1ccccc1. The molecule has 0 fully saturated rings. The number of nitrogens with one attached hydrogen (secondary N) is 2. The molecule has 9 heteroatoms. The lowest BCUT2D eigenvalue weighted by Gasteiger charge is -2.10. The molecule has 2 N–H and O–H groups in total. The summed E-state index contributed by atoms with van der Waals surface area (Å²) in [7, 11) is -3.71. The topological polar surface area (TPSA) is 119 Å². The molecular weight excluding hydrogens is 384 g/mol. The molecule has 2 aromatic rings. The highest BCUT2D eigenvalue weighted by molar-refractivity contribution is 7.89. The maximum atomic E-state index is 12.0. The number of esters is 1. The number of ether oxygens (including phenoxy) is 1. The number of rotatable bonds is 9. The molecule has 2 aromatic carbocycles. The van der Waals surface area contributed by atoms with Crippen molar-refractivity contribution in [2.24, 2.45) is 0 Å². The third kappa shape index (κ3) is 6.29. The Morgan fingerprint density at radius 1 is 0.964 bits per heavy atom. The van der Waals surface area contributed by atoms with Gasteiger partial charge in [0, 0.05) is 12.1 Å². The summed E-state index contributed by atoms with van der Waals surface area (Å²) in [5.74, 6) is -1.55. The Labute approximate surface area is 163 Å². The number of hydrogen-bond acceptors (Lipinski definition) is 6. The minimum Gasteiger partial charge on any atom is -0.456 e. The largest absolute Gasteiger partial charge is 0.456 e. The zero-order valence-corrected chi connectivity index (χ0v) is 16.0. The number of ketones is 1. The van der Waals surface area contributed by atoms with Crippen molar-refractivity contribution in [3.63, 3.8) is 0 Å². The highest BCUT2D eigenvalue weighted by Crippen LogP contribution is 2.15. The molecule has 0 bridgehead atoms. The van der Waals surface area contributed by atoms with Gasteiger partial charge in [-0.05, 0) is 31.2 Å². The Balaban J connectivity index is 1.77. The molecule has 0 saturated heterocycles. The van der Waals surface area contributed by atoms with Crippen LogP contribution < -0.4 is 10.0 Å². The molecule has 0 heterocycles. The summed E-state index contributed by atoms with van der Waals surface area (Å²) in [6.07, 6.45) is -0.233. The van der Waals surface area contributed by atoms with Gasteiger partial charge in [-0.15, -0.1) is 0 Å². The van der Waals surface area contributed by atoms with Gasteiger partial charge in [0.1, 0.15) is 0 Å². The van der Waals surface area contributed by atoms with E-state index in [9.17, 15) is 22.8 Å². The first-order chi connectivity index (χ1) is 13.3. The summed E-state index contributed by atoms with van der Waals surface area (Å²) in [6.45, 7) is 0.670. The first-order valence-electron chi connectivity index (χ1n) is 8.40. The number of benzene rings is 2. The number of Topliss-reactive ketones (excluding diaryl/α,β-unsaturated/α-hetero) is 1. The van der Waals surface area contributed by atoms with E-state index < -0.39 is 28.5 Å². The van der Waals surface area contributed by atoms with Crippen molar-refractivity contribution in [1.82, 2.24) is 4.72 Å². The predicted molar refractivity (Wildman–Crippen MR) is 102 cm³/mol. The van der Waals surface area contributed by atoms with Gasteiger partial charge in [0.2, 0.25) is 10.0 Å². The Morgan fingerprint density at radius 2 is 1.61 bits per heavy atom. The number of amides is 1. The van der Waals surface area contributed by atoms with Crippen LogP contribution in [0.1, 0.15) is 23.7 Å². The molecule has 0 spiro atoms. The van der Waals surface area contributed by atoms with Gasteiger partial charge >= 0.3 is 5.97 Å². The second-order valence-electron chi connectivity index (χ2n) is 5.77. The molecule has 0 radical (unpaired) electrons. The van der Waals surface area contributed by atoms with E-state index in [2.05, 4.69) is 10.0 Å². The van der Waals surface area contributed by atoms with Crippen LogP contribution in [0.4, 0.5) is 5.69 Å². The summed E-state index contributed by atoms with van der Waals surface area (Å²) in [5, 5.41) is 2.50. The second-order valence-corrected chi connectivity index (χ2v) is 7.54. The van der Waals surface area contributed by atoms with Crippen molar-refractivity contribution >= 4 is 33.4 Å². The van der Waals surface area contributed by atoms with Crippen molar-refractivity contribution in [1.29, 1.82) is 0 Å². The Kier molecular flexibility index (Phi) is 7.42. The van der Waals surface area contributed by atoms with Crippen LogP contribution in [-0.2, 0) is 24.3 Å². The molecule has 148 valence electrons. The second kappa shape index (κ2) is 9.77. The molecule has 0 aliphatic rings. The number of carbonyl (C=O) groups is 3. The van der Waals surface area contributed by atoms with E-state index in [1.54, 1.807) is 42.5 Å². The van der Waals surface area contributed by atoms with Gasteiger partial charge in [-0.1, -0.05) is 30.3 Å². The molecular formula is C19H20N2O6S. The van der Waals surface area contributed by atoms with E-state index in [0.717, 1.165) is 0 Å². The zero-order chi connectivity index (χ0) is 20.6. The van der Waals surface area contributed by atoms with Crippen LogP contribution in [0.15, 0.2) is 59.5 Å². The third-order valence-corrected chi connectivity index (χ3v) is 5.10. The highest BCUT2D eigenvalue weighted by Gasteiger charge is 2.15. The molecule has 28 heavy (non-hydrogen) atoms. The Bertz CT molecular complexity index is 957. The Morgan fingerprint density at radius 3 is 2.29 bits per heavy atom. The molecule has 0 saturated carbocycles. The summed E-state index contributed by atoms with van der Waals surface area (Å²) in [4.78, 5) is 35.2. The van der Waals surface area contributed by atoms with Crippen LogP contribution in [0, 0.1) is 0 Å². The maximum absolute atomic E-state index is 12.0. The van der Waals surface area contributed by atoms with Crippen LogP contribution >= 0.6 is 0 Å². The summed E-state index contributed by atoms with van der Waals surface area (Å²) < 4.78 is 31.1. The summed E-state index contributed by atoms with van der Waals surface area (Å²) >= 11 is 0. The maximum Gasteiger partial charge on any atom is 0.307 e. The van der Waals surface area contributed by atoms with Crippen LogP contribution in [-0.4, -0.2) is 39.2 Å². The molecule has 0 aliphatic carbocycles. The van der Waals surface area contributed by atoms with Gasteiger partial charge in [0.25, 0.3) is 5.91 Å². The van der Waals surface area contributed by atoms with Gasteiger partial charge in [0.15, 0.2) is 12.4 Å². The van der Waals surface area contributed by atoms with Crippen LogP contribution in [0.5, 0.6) is 0 Å². The Hall–Kier alpha value is -3.04. The van der Waals surface area contributed by atoms with E-state index in [1.165, 1.54) is 19.1 Å². The van der Waals surface area contributed by atoms with Crippen LogP contribution in [0.2, 0.25) is 0 Å². The fourth-order valence-electron chi connectivity index (χ4n) is 2.27. The normalized spacial score (nSPS) is 10.9. The fourth-order valence-corrected chi connectivity index (χ4v) is 3.33. The summed E-state index contributed by atoms with van der Waals surface area (Å²) in [5.41, 5.74) is 0.671. The average Bonchev–Trinajstić information content (AvgIpc) is 2.67. The molecule has 1 amide bonds. The first kappa shape index (κ1) is 21.3. The van der Waals surface area contributed by atoms with Gasteiger partial charge in [0.05, 0.1) is 17.0 Å². The van der Waals surface area contributed by atoms with Crippen molar-refractivity contribution in [2.75, 3.05) is 18.5 Å². The van der Waals surface area contributed by atoms with Crippen molar-refractivity contribution < 1.29 is 27.5 Å². The number of anilines is 1. The molecule has 8 nitrogen and oxygen atoms in total. The van der Waals surface area contributed by atoms with E-state index in [0.29, 0.717) is 11.3 Å². The molecule has 0 aliphatic heterocycles. The van der Waals surface area contributed by atoms with Gasteiger partial charge in [-0.25, -0.2) is 13.1 Å². The standard InChI is InChI=1S/C19H20N2O6S/c1-14(22)16-9-5-6-10-17(16)21-18(23)13-27-19(24)11-12-20-28(25,26)15-7-3-2-4-8-15/h2-10,20H,11-13H2,1H3,(H,21,23). The van der Waals surface area contributed by atoms with Crippen LogP contribution in [0.3, 0.4) is 0 Å². The van der Waals surface area contributed by atoms with E-state index in [4.69, 9.17) is 4.74 Å². The molecule has 0 unspecified atom stereocenters. The lowest BCUT2D eigenvalue weighted by Crippen LogP contribution is -2.28. The minimum atomic E-state index is -3.71.